The lowest BCUT2D eigenvalue weighted by atomic mass is 10.2. The molecular weight excluding hydrogens is 316 g/mol. The summed E-state index contributed by atoms with van der Waals surface area (Å²) in [4.78, 5) is 47.4. The molecule has 23 heavy (non-hydrogen) atoms. The maximum Gasteiger partial charge on any atom is 0.264 e. The minimum Gasteiger partial charge on any atom is -0.341 e. The van der Waals surface area contributed by atoms with E-state index in [1.165, 1.54) is 24.6 Å². The molecule has 1 aliphatic rings. The first-order valence-corrected chi connectivity index (χ1v) is 8.21. The Morgan fingerprint density at radius 1 is 1.48 bits per heavy atom. The molecule has 1 unspecified atom stereocenters. The topological polar surface area (TPSA) is 86.4 Å². The zero-order valence-electron chi connectivity index (χ0n) is 13.3. The number of aryl methyl sites for hydroxylation is 1. The van der Waals surface area contributed by atoms with E-state index in [1.54, 1.807) is 23.8 Å². The largest absolute Gasteiger partial charge is 0.341 e. The molecule has 0 saturated carbocycles. The summed E-state index contributed by atoms with van der Waals surface area (Å²) in [6, 6.07) is 0.0488. The Labute approximate surface area is 136 Å². The summed E-state index contributed by atoms with van der Waals surface area (Å²) in [5.74, 6) is -0.0950. The van der Waals surface area contributed by atoms with Crippen molar-refractivity contribution in [2.45, 2.75) is 26.3 Å². The summed E-state index contributed by atoms with van der Waals surface area (Å²) in [5.41, 5.74) is 0.450. The van der Waals surface area contributed by atoms with Gasteiger partial charge in [-0.15, -0.1) is 11.3 Å². The minimum atomic E-state index is -0.224. The first kappa shape index (κ1) is 15.7. The molecule has 0 spiro atoms. The van der Waals surface area contributed by atoms with Gasteiger partial charge < -0.3 is 14.8 Å². The van der Waals surface area contributed by atoms with Crippen LogP contribution in [0.5, 0.6) is 0 Å². The van der Waals surface area contributed by atoms with Crippen LogP contribution >= 0.6 is 11.3 Å². The second-order valence-electron chi connectivity index (χ2n) is 5.79. The fraction of sp³-hybridized carbons (Fsp3) is 0.467. The third-order valence-corrected chi connectivity index (χ3v) is 5.61. The van der Waals surface area contributed by atoms with Crippen molar-refractivity contribution in [1.29, 1.82) is 0 Å². The number of aromatic amines is 1. The summed E-state index contributed by atoms with van der Waals surface area (Å²) in [7, 11) is 1.76. The Morgan fingerprint density at radius 2 is 2.22 bits per heavy atom. The van der Waals surface area contributed by atoms with Crippen LogP contribution in [0.15, 0.2) is 11.1 Å². The van der Waals surface area contributed by atoms with E-state index in [2.05, 4.69) is 9.97 Å². The van der Waals surface area contributed by atoms with Crippen molar-refractivity contribution in [3.8, 4) is 0 Å². The van der Waals surface area contributed by atoms with Gasteiger partial charge in [-0.25, -0.2) is 4.98 Å². The number of nitrogens with zero attached hydrogens (tertiary/aromatic N) is 3. The van der Waals surface area contributed by atoms with Crippen LogP contribution in [0.3, 0.4) is 0 Å². The van der Waals surface area contributed by atoms with E-state index in [0.29, 0.717) is 33.7 Å². The molecule has 2 aromatic rings. The average Bonchev–Trinajstić information content (AvgIpc) is 3.12. The minimum absolute atomic E-state index is 0.00178. The fourth-order valence-corrected chi connectivity index (χ4v) is 4.04. The Hall–Kier alpha value is -2.22. The van der Waals surface area contributed by atoms with Gasteiger partial charge in [0.25, 0.3) is 11.5 Å². The molecule has 0 aromatic carbocycles. The highest BCUT2D eigenvalue weighted by Gasteiger charge is 2.32. The first-order valence-electron chi connectivity index (χ1n) is 7.39. The molecule has 2 amide bonds. The molecule has 3 heterocycles. The van der Waals surface area contributed by atoms with Gasteiger partial charge in [0.15, 0.2) is 0 Å². The second kappa shape index (κ2) is 5.77. The number of hydrogen-bond acceptors (Lipinski definition) is 5. The molecule has 1 N–H and O–H groups in total. The predicted octanol–water partition coefficient (Wildman–Crippen LogP) is 0.986. The number of amides is 2. The lowest BCUT2D eigenvalue weighted by Gasteiger charge is -2.23. The molecular formula is C15H18N4O3S. The van der Waals surface area contributed by atoms with Crippen LogP contribution in [0.4, 0.5) is 0 Å². The van der Waals surface area contributed by atoms with Crippen molar-refractivity contribution in [2.75, 3.05) is 20.1 Å². The van der Waals surface area contributed by atoms with Crippen LogP contribution < -0.4 is 5.56 Å². The smallest absolute Gasteiger partial charge is 0.264 e. The van der Waals surface area contributed by atoms with Gasteiger partial charge in [-0.3, -0.25) is 14.4 Å². The van der Waals surface area contributed by atoms with Crippen molar-refractivity contribution in [3.63, 3.8) is 0 Å². The van der Waals surface area contributed by atoms with Crippen LogP contribution in [0.2, 0.25) is 0 Å². The third kappa shape index (κ3) is 2.63. The number of likely N-dealkylation sites (N-methyl/N-ethyl adjacent to an activating group) is 1. The molecule has 0 bridgehead atoms. The van der Waals surface area contributed by atoms with Crippen LogP contribution in [-0.2, 0) is 4.79 Å². The number of carbonyl (C=O) groups excluding carboxylic acids is 2. The summed E-state index contributed by atoms with van der Waals surface area (Å²) in [5, 5.41) is 0.484. The number of fused-ring (bicyclic) bond motifs is 1. The van der Waals surface area contributed by atoms with Gasteiger partial charge in [0, 0.05) is 27.1 Å². The maximum absolute atomic E-state index is 12.8. The van der Waals surface area contributed by atoms with E-state index in [1.807, 2.05) is 0 Å². The van der Waals surface area contributed by atoms with E-state index in [4.69, 9.17) is 0 Å². The Bertz CT molecular complexity index is 841. The number of thiophene rings is 1. The van der Waals surface area contributed by atoms with Gasteiger partial charge in [0.1, 0.15) is 4.83 Å². The van der Waals surface area contributed by atoms with Gasteiger partial charge in [-0.1, -0.05) is 0 Å². The summed E-state index contributed by atoms with van der Waals surface area (Å²) in [6.45, 7) is 4.43. The molecule has 1 fully saturated rings. The lowest BCUT2D eigenvalue weighted by molar-refractivity contribution is -0.129. The molecule has 1 aliphatic heterocycles. The molecule has 7 nitrogen and oxygen atoms in total. The highest BCUT2D eigenvalue weighted by molar-refractivity contribution is 7.20. The fourth-order valence-electron chi connectivity index (χ4n) is 2.93. The predicted molar refractivity (Wildman–Crippen MR) is 87.7 cm³/mol. The SMILES string of the molecule is CC(=O)N(C)C1CCN(C(=O)c2sc3nc[nH]c(=O)c3c2C)C1. The zero-order valence-corrected chi connectivity index (χ0v) is 14.1. The van der Waals surface area contributed by atoms with Gasteiger partial charge in [0.05, 0.1) is 22.6 Å². The molecule has 2 aromatic heterocycles. The molecule has 0 radical (unpaired) electrons. The summed E-state index contributed by atoms with van der Waals surface area (Å²) >= 11 is 1.25. The van der Waals surface area contributed by atoms with E-state index >= 15 is 0 Å². The van der Waals surface area contributed by atoms with Crippen LogP contribution in [0.1, 0.15) is 28.6 Å². The summed E-state index contributed by atoms with van der Waals surface area (Å²) < 4.78 is 0. The van der Waals surface area contributed by atoms with Crippen molar-refractivity contribution < 1.29 is 9.59 Å². The van der Waals surface area contributed by atoms with Crippen molar-refractivity contribution in [2.24, 2.45) is 0 Å². The van der Waals surface area contributed by atoms with Crippen LogP contribution in [0.25, 0.3) is 10.2 Å². The van der Waals surface area contributed by atoms with E-state index < -0.39 is 0 Å². The first-order chi connectivity index (χ1) is 10.9. The molecule has 3 rings (SSSR count). The van der Waals surface area contributed by atoms with Gasteiger partial charge in [-0.05, 0) is 18.9 Å². The molecule has 8 heteroatoms. The molecule has 122 valence electrons. The molecule has 1 saturated heterocycles. The Kier molecular flexibility index (Phi) is 3.93. The normalized spacial score (nSPS) is 17.7. The van der Waals surface area contributed by atoms with E-state index in [9.17, 15) is 14.4 Å². The number of hydrogen-bond donors (Lipinski definition) is 1. The highest BCUT2D eigenvalue weighted by Crippen LogP contribution is 2.29. The second-order valence-corrected chi connectivity index (χ2v) is 6.79. The Morgan fingerprint density at radius 3 is 2.87 bits per heavy atom. The van der Waals surface area contributed by atoms with Gasteiger partial charge >= 0.3 is 0 Å². The average molecular weight is 334 g/mol. The van der Waals surface area contributed by atoms with Crippen molar-refractivity contribution in [1.82, 2.24) is 19.8 Å². The van der Waals surface area contributed by atoms with Crippen LogP contribution in [0, 0.1) is 6.92 Å². The maximum atomic E-state index is 12.8. The highest BCUT2D eigenvalue weighted by atomic mass is 32.1. The van der Waals surface area contributed by atoms with Crippen LogP contribution in [-0.4, -0.2) is 57.8 Å². The van der Waals surface area contributed by atoms with E-state index in [-0.39, 0.29) is 23.4 Å². The van der Waals surface area contributed by atoms with Gasteiger partial charge in [-0.2, -0.15) is 0 Å². The standard InChI is InChI=1S/C15H18N4O3S/c1-8-11-13(21)16-7-17-14(11)23-12(8)15(22)19-5-4-10(6-19)18(3)9(2)20/h7,10H,4-6H2,1-3H3,(H,16,17,21). The monoisotopic (exact) mass is 334 g/mol. The Balaban J connectivity index is 1.88. The van der Waals surface area contributed by atoms with E-state index in [0.717, 1.165) is 6.42 Å². The lowest BCUT2D eigenvalue weighted by Crippen LogP contribution is -2.38. The number of H-pyrrole nitrogens is 1. The van der Waals surface area contributed by atoms with Crippen molar-refractivity contribution in [3.05, 3.63) is 27.1 Å². The van der Waals surface area contributed by atoms with Gasteiger partial charge in [0.2, 0.25) is 5.91 Å². The number of likely N-dealkylation sites (tertiary alicyclic amines) is 1. The van der Waals surface area contributed by atoms with Crippen molar-refractivity contribution >= 4 is 33.4 Å². The zero-order chi connectivity index (χ0) is 16.7. The number of nitrogens with one attached hydrogen (secondary N) is 1. The quantitative estimate of drug-likeness (QED) is 0.887. The molecule has 0 aliphatic carbocycles. The number of carbonyl (C=O) groups is 2. The summed E-state index contributed by atoms with van der Waals surface area (Å²) in [6.07, 6.45) is 2.12. The number of rotatable bonds is 2. The molecule has 1 atom stereocenters. The third-order valence-electron chi connectivity index (χ3n) is 4.42. The number of aromatic nitrogens is 2.